The Morgan fingerprint density at radius 3 is 2.72 bits per heavy atom. The van der Waals surface area contributed by atoms with E-state index in [1.807, 2.05) is 0 Å². The molecule has 4 nitrogen and oxygen atoms in total. The molecule has 1 aliphatic heterocycles. The van der Waals surface area contributed by atoms with E-state index in [-0.39, 0.29) is 5.75 Å². The van der Waals surface area contributed by atoms with Crippen molar-refractivity contribution in [3.63, 3.8) is 0 Å². The molecular weight excluding hydrogens is 248 g/mol. The largest absolute Gasteiger partial charge is 0.312 e. The summed E-state index contributed by atoms with van der Waals surface area (Å²) in [6, 6.07) is 1.41. The summed E-state index contributed by atoms with van der Waals surface area (Å²) < 4.78 is 22.9. The van der Waals surface area contributed by atoms with Gasteiger partial charge in [0, 0.05) is 24.4 Å². The second-order valence-electron chi connectivity index (χ2n) is 5.60. The number of likely N-dealkylation sites (tertiary alicyclic amines) is 1. The number of hydrogen-bond acceptors (Lipinski definition) is 4. The van der Waals surface area contributed by atoms with Gasteiger partial charge in [0.15, 0.2) is 0 Å². The van der Waals surface area contributed by atoms with Crippen LogP contribution in [0.5, 0.6) is 0 Å². The van der Waals surface area contributed by atoms with E-state index >= 15 is 0 Å². The van der Waals surface area contributed by atoms with Crippen molar-refractivity contribution in [2.75, 3.05) is 31.1 Å². The van der Waals surface area contributed by atoms with Gasteiger partial charge >= 0.3 is 0 Å². The quantitative estimate of drug-likeness (QED) is 0.718. The first kappa shape index (κ1) is 14.3. The lowest BCUT2D eigenvalue weighted by Crippen LogP contribution is -2.39. The molecule has 1 aliphatic carbocycles. The van der Waals surface area contributed by atoms with Gasteiger partial charge in [-0.2, -0.15) is 0 Å². The topological polar surface area (TPSA) is 49.4 Å². The van der Waals surface area contributed by atoms with Gasteiger partial charge in [-0.1, -0.05) is 6.92 Å². The van der Waals surface area contributed by atoms with E-state index in [0.717, 1.165) is 32.1 Å². The van der Waals surface area contributed by atoms with Crippen molar-refractivity contribution in [2.24, 2.45) is 0 Å². The molecule has 0 aromatic rings. The standard InChI is InChI=1S/C13H26N2O2S/c1-2-18(16,17)10-4-9-15-8-3-5-13(15)11-14-12-6-7-12/h12-14H,2-11H2,1H3. The molecule has 106 valence electrons. The van der Waals surface area contributed by atoms with E-state index in [1.165, 1.54) is 25.7 Å². The van der Waals surface area contributed by atoms with Gasteiger partial charge < -0.3 is 5.32 Å². The van der Waals surface area contributed by atoms with Crippen molar-refractivity contribution in [3.8, 4) is 0 Å². The number of sulfone groups is 1. The Morgan fingerprint density at radius 2 is 2.06 bits per heavy atom. The van der Waals surface area contributed by atoms with Crippen LogP contribution >= 0.6 is 0 Å². The molecule has 2 fully saturated rings. The van der Waals surface area contributed by atoms with Crippen LogP contribution in [0.1, 0.15) is 39.0 Å². The maximum atomic E-state index is 11.4. The molecule has 2 rings (SSSR count). The molecule has 0 aromatic heterocycles. The number of hydrogen-bond donors (Lipinski definition) is 1. The molecule has 0 radical (unpaired) electrons. The average Bonchev–Trinajstić information content (AvgIpc) is 3.07. The fraction of sp³-hybridized carbons (Fsp3) is 1.00. The predicted octanol–water partition coefficient (Wildman–Crippen LogP) is 1.03. The summed E-state index contributed by atoms with van der Waals surface area (Å²) in [4.78, 5) is 2.47. The van der Waals surface area contributed by atoms with Gasteiger partial charge in [0.25, 0.3) is 0 Å². The third-order valence-corrected chi connectivity index (χ3v) is 5.85. The molecule has 1 N–H and O–H groups in total. The average molecular weight is 274 g/mol. The third kappa shape index (κ3) is 4.52. The first-order valence-corrected chi connectivity index (χ1v) is 9.11. The summed E-state index contributed by atoms with van der Waals surface area (Å²) in [5.74, 6) is 0.627. The van der Waals surface area contributed by atoms with Crippen LogP contribution in [0.3, 0.4) is 0 Å². The lowest BCUT2D eigenvalue weighted by Gasteiger charge is -2.24. The highest BCUT2D eigenvalue weighted by Crippen LogP contribution is 2.21. The van der Waals surface area contributed by atoms with Crippen molar-refractivity contribution >= 4 is 9.84 Å². The SMILES string of the molecule is CCS(=O)(=O)CCCN1CCCC1CNC1CC1. The second kappa shape index (κ2) is 6.35. The summed E-state index contributed by atoms with van der Waals surface area (Å²) in [7, 11) is -2.79. The Morgan fingerprint density at radius 1 is 1.28 bits per heavy atom. The third-order valence-electron chi connectivity index (χ3n) is 4.06. The van der Waals surface area contributed by atoms with Crippen LogP contribution in [-0.2, 0) is 9.84 Å². The van der Waals surface area contributed by atoms with Crippen molar-refractivity contribution in [1.29, 1.82) is 0 Å². The Balaban J connectivity index is 1.66. The molecule has 5 heteroatoms. The monoisotopic (exact) mass is 274 g/mol. The van der Waals surface area contributed by atoms with E-state index in [0.29, 0.717) is 11.8 Å². The fourth-order valence-corrected chi connectivity index (χ4v) is 3.50. The Hall–Kier alpha value is -0.130. The fourth-order valence-electron chi connectivity index (χ4n) is 2.64. The molecule has 1 atom stereocenters. The molecular formula is C13H26N2O2S. The lowest BCUT2D eigenvalue weighted by atomic mass is 10.2. The first-order chi connectivity index (χ1) is 8.61. The van der Waals surface area contributed by atoms with Gasteiger partial charge in [0.05, 0.1) is 5.75 Å². The predicted molar refractivity (Wildman–Crippen MR) is 74.6 cm³/mol. The van der Waals surface area contributed by atoms with E-state index in [2.05, 4.69) is 10.2 Å². The van der Waals surface area contributed by atoms with E-state index in [4.69, 9.17) is 0 Å². The smallest absolute Gasteiger partial charge is 0.150 e. The van der Waals surface area contributed by atoms with Crippen molar-refractivity contribution < 1.29 is 8.42 Å². The zero-order valence-electron chi connectivity index (χ0n) is 11.4. The van der Waals surface area contributed by atoms with Crippen molar-refractivity contribution in [1.82, 2.24) is 10.2 Å². The van der Waals surface area contributed by atoms with Crippen LogP contribution in [0.25, 0.3) is 0 Å². The maximum Gasteiger partial charge on any atom is 0.150 e. The van der Waals surface area contributed by atoms with Crippen LogP contribution in [-0.4, -0.2) is 56.5 Å². The molecule has 1 unspecified atom stereocenters. The maximum absolute atomic E-state index is 11.4. The van der Waals surface area contributed by atoms with Gasteiger partial charge in [-0.15, -0.1) is 0 Å². The van der Waals surface area contributed by atoms with Gasteiger partial charge in [0.1, 0.15) is 9.84 Å². The molecule has 18 heavy (non-hydrogen) atoms. The molecule has 1 saturated carbocycles. The summed E-state index contributed by atoms with van der Waals surface area (Å²) in [6.07, 6.45) is 5.98. The van der Waals surface area contributed by atoms with E-state index < -0.39 is 9.84 Å². The zero-order valence-corrected chi connectivity index (χ0v) is 12.2. The molecule has 1 saturated heterocycles. The highest BCUT2D eigenvalue weighted by molar-refractivity contribution is 7.91. The normalized spacial score (nSPS) is 25.7. The summed E-state index contributed by atoms with van der Waals surface area (Å²) >= 11 is 0. The molecule has 0 bridgehead atoms. The summed E-state index contributed by atoms with van der Waals surface area (Å²) in [5.41, 5.74) is 0. The van der Waals surface area contributed by atoms with Gasteiger partial charge in [-0.3, -0.25) is 4.90 Å². The number of rotatable bonds is 8. The van der Waals surface area contributed by atoms with Crippen LogP contribution in [0.4, 0.5) is 0 Å². The second-order valence-corrected chi connectivity index (χ2v) is 8.08. The van der Waals surface area contributed by atoms with Crippen LogP contribution in [0.15, 0.2) is 0 Å². The molecule has 0 aromatic carbocycles. The summed E-state index contributed by atoms with van der Waals surface area (Å²) in [6.45, 7) is 4.90. The van der Waals surface area contributed by atoms with Gasteiger partial charge in [-0.05, 0) is 45.2 Å². The molecule has 2 aliphatic rings. The highest BCUT2D eigenvalue weighted by atomic mass is 32.2. The molecule has 0 amide bonds. The van der Waals surface area contributed by atoms with Crippen molar-refractivity contribution in [3.05, 3.63) is 0 Å². The minimum absolute atomic E-state index is 0.277. The molecule has 0 spiro atoms. The number of nitrogens with zero attached hydrogens (tertiary/aromatic N) is 1. The lowest BCUT2D eigenvalue weighted by molar-refractivity contribution is 0.248. The minimum atomic E-state index is -2.79. The Labute approximate surface area is 111 Å². The summed E-state index contributed by atoms with van der Waals surface area (Å²) in [5, 5.41) is 3.59. The molecule has 1 heterocycles. The van der Waals surface area contributed by atoms with E-state index in [1.54, 1.807) is 6.92 Å². The van der Waals surface area contributed by atoms with Gasteiger partial charge in [-0.25, -0.2) is 8.42 Å². The zero-order chi connectivity index (χ0) is 13.0. The minimum Gasteiger partial charge on any atom is -0.312 e. The Bertz CT molecular complexity index is 352. The number of nitrogens with one attached hydrogen (secondary N) is 1. The Kier molecular flexibility index (Phi) is 5.04. The van der Waals surface area contributed by atoms with Gasteiger partial charge in [0.2, 0.25) is 0 Å². The highest BCUT2D eigenvalue weighted by Gasteiger charge is 2.27. The van der Waals surface area contributed by atoms with Crippen LogP contribution in [0, 0.1) is 0 Å². The van der Waals surface area contributed by atoms with Crippen LogP contribution < -0.4 is 5.32 Å². The van der Waals surface area contributed by atoms with E-state index in [9.17, 15) is 8.42 Å². The first-order valence-electron chi connectivity index (χ1n) is 7.28. The van der Waals surface area contributed by atoms with Crippen LogP contribution in [0.2, 0.25) is 0 Å². The van der Waals surface area contributed by atoms with Crippen molar-refractivity contribution in [2.45, 2.75) is 51.1 Å².